The number of carbonyl (C=O) groups is 1. The summed E-state index contributed by atoms with van der Waals surface area (Å²) in [4.78, 5) is 20.5. The maximum absolute atomic E-state index is 12.2. The van der Waals surface area contributed by atoms with Gasteiger partial charge in [0.15, 0.2) is 0 Å². The fourth-order valence-corrected chi connectivity index (χ4v) is 2.92. The summed E-state index contributed by atoms with van der Waals surface area (Å²) < 4.78 is 0. The first-order chi connectivity index (χ1) is 11.6. The van der Waals surface area contributed by atoms with Gasteiger partial charge in [-0.3, -0.25) is 4.98 Å². The maximum atomic E-state index is 12.2. The van der Waals surface area contributed by atoms with Gasteiger partial charge in [-0.25, -0.2) is 4.79 Å². The first kappa shape index (κ1) is 16.9. The Morgan fingerprint density at radius 3 is 2.54 bits per heavy atom. The highest BCUT2D eigenvalue weighted by Gasteiger charge is 2.21. The Hall–Kier alpha value is -1.98. The molecular formula is C17H18Cl2N4O. The second kappa shape index (κ2) is 7.73. The third kappa shape index (κ3) is 4.10. The average molecular weight is 365 g/mol. The van der Waals surface area contributed by atoms with Crippen LogP contribution >= 0.6 is 23.2 Å². The van der Waals surface area contributed by atoms with Crippen LogP contribution in [0.15, 0.2) is 42.6 Å². The number of benzene rings is 1. The van der Waals surface area contributed by atoms with Gasteiger partial charge in [-0.15, -0.1) is 0 Å². The van der Waals surface area contributed by atoms with Gasteiger partial charge in [-0.2, -0.15) is 0 Å². The smallest absolute Gasteiger partial charge is 0.317 e. The lowest BCUT2D eigenvalue weighted by Crippen LogP contribution is -2.51. The summed E-state index contributed by atoms with van der Waals surface area (Å²) in [6.45, 7) is 3.28. The van der Waals surface area contributed by atoms with Crippen LogP contribution in [0.4, 0.5) is 10.5 Å². The van der Waals surface area contributed by atoms with Crippen LogP contribution < -0.4 is 10.2 Å². The number of halogens is 2. The Labute approximate surface area is 151 Å². The number of piperazine rings is 1. The fourth-order valence-electron chi connectivity index (χ4n) is 2.63. The van der Waals surface area contributed by atoms with Crippen molar-refractivity contribution >= 4 is 34.9 Å². The van der Waals surface area contributed by atoms with Crippen LogP contribution in [0.3, 0.4) is 0 Å². The molecule has 1 N–H and O–H groups in total. The summed E-state index contributed by atoms with van der Waals surface area (Å²) >= 11 is 12.0. The van der Waals surface area contributed by atoms with Crippen molar-refractivity contribution in [2.75, 3.05) is 31.1 Å². The van der Waals surface area contributed by atoms with Crippen LogP contribution in [0.5, 0.6) is 0 Å². The predicted octanol–water partition coefficient (Wildman–Crippen LogP) is 3.42. The number of hydrogen-bond acceptors (Lipinski definition) is 3. The largest absolute Gasteiger partial charge is 0.368 e. The van der Waals surface area contributed by atoms with E-state index in [0.29, 0.717) is 29.7 Å². The number of hydrogen-bond donors (Lipinski definition) is 1. The van der Waals surface area contributed by atoms with Crippen LogP contribution in [0, 0.1) is 0 Å². The third-order valence-corrected chi connectivity index (χ3v) is 4.72. The van der Waals surface area contributed by atoms with Crippen molar-refractivity contribution in [3.63, 3.8) is 0 Å². The van der Waals surface area contributed by atoms with Gasteiger partial charge in [0, 0.05) is 38.1 Å². The van der Waals surface area contributed by atoms with Crippen molar-refractivity contribution in [1.29, 1.82) is 0 Å². The molecular weight excluding hydrogens is 347 g/mol. The summed E-state index contributed by atoms with van der Waals surface area (Å²) in [5, 5.41) is 4.00. The van der Waals surface area contributed by atoms with Crippen molar-refractivity contribution in [3.8, 4) is 0 Å². The van der Waals surface area contributed by atoms with Gasteiger partial charge in [0.2, 0.25) is 0 Å². The lowest BCUT2D eigenvalue weighted by Gasteiger charge is -2.36. The minimum absolute atomic E-state index is 0.0607. The highest BCUT2D eigenvalue weighted by Crippen LogP contribution is 2.27. The fraction of sp³-hybridized carbons (Fsp3) is 0.294. The number of nitrogens with zero attached hydrogens (tertiary/aromatic N) is 3. The number of carbonyl (C=O) groups excluding carboxylic acids is 1. The molecule has 1 aliphatic heterocycles. The molecule has 1 fully saturated rings. The molecule has 1 aromatic carbocycles. The number of amides is 2. The summed E-state index contributed by atoms with van der Waals surface area (Å²) in [7, 11) is 0. The molecule has 1 aromatic heterocycles. The van der Waals surface area contributed by atoms with E-state index in [0.717, 1.165) is 24.5 Å². The number of nitrogens with one attached hydrogen (secondary N) is 1. The molecule has 2 amide bonds. The Bertz CT molecular complexity index is 703. The van der Waals surface area contributed by atoms with Crippen molar-refractivity contribution in [3.05, 3.63) is 58.3 Å². The van der Waals surface area contributed by atoms with Crippen molar-refractivity contribution in [1.82, 2.24) is 15.2 Å². The second-order valence-corrected chi connectivity index (χ2v) is 6.37. The summed E-state index contributed by atoms with van der Waals surface area (Å²) in [5.41, 5.74) is 1.87. The van der Waals surface area contributed by atoms with E-state index in [1.165, 1.54) is 0 Å². The van der Waals surface area contributed by atoms with Crippen molar-refractivity contribution in [2.24, 2.45) is 0 Å². The molecule has 0 aliphatic carbocycles. The minimum Gasteiger partial charge on any atom is -0.368 e. The maximum Gasteiger partial charge on any atom is 0.317 e. The van der Waals surface area contributed by atoms with E-state index in [2.05, 4.69) is 15.2 Å². The van der Waals surface area contributed by atoms with Gasteiger partial charge in [-0.05, 0) is 30.3 Å². The summed E-state index contributed by atoms with van der Waals surface area (Å²) in [5.74, 6) is 0. The lowest BCUT2D eigenvalue weighted by molar-refractivity contribution is 0.194. The second-order valence-electron chi connectivity index (χ2n) is 5.55. The summed E-state index contributed by atoms with van der Waals surface area (Å²) in [6.07, 6.45) is 1.72. The molecule has 126 valence electrons. The van der Waals surface area contributed by atoms with E-state index in [1.54, 1.807) is 12.3 Å². The van der Waals surface area contributed by atoms with Gasteiger partial charge < -0.3 is 15.1 Å². The van der Waals surface area contributed by atoms with E-state index in [9.17, 15) is 4.79 Å². The van der Waals surface area contributed by atoms with Crippen LogP contribution in [0.1, 0.15) is 5.69 Å². The van der Waals surface area contributed by atoms with E-state index < -0.39 is 0 Å². The monoisotopic (exact) mass is 364 g/mol. The number of urea groups is 1. The number of aromatic nitrogens is 1. The van der Waals surface area contributed by atoms with E-state index >= 15 is 0 Å². The van der Waals surface area contributed by atoms with Crippen molar-refractivity contribution in [2.45, 2.75) is 6.54 Å². The Morgan fingerprint density at radius 1 is 1.08 bits per heavy atom. The zero-order valence-electron chi connectivity index (χ0n) is 13.1. The molecule has 0 atom stereocenters. The van der Waals surface area contributed by atoms with Gasteiger partial charge in [0.25, 0.3) is 0 Å². The number of pyridine rings is 1. The van der Waals surface area contributed by atoms with E-state index in [4.69, 9.17) is 23.2 Å². The first-order valence-electron chi connectivity index (χ1n) is 7.76. The molecule has 1 saturated heterocycles. The first-order valence-corrected chi connectivity index (χ1v) is 8.52. The van der Waals surface area contributed by atoms with Crippen LogP contribution in [0.25, 0.3) is 0 Å². The lowest BCUT2D eigenvalue weighted by atomic mass is 10.2. The van der Waals surface area contributed by atoms with Crippen LogP contribution in [-0.2, 0) is 6.54 Å². The molecule has 7 heteroatoms. The molecule has 0 unspecified atom stereocenters. The van der Waals surface area contributed by atoms with Gasteiger partial charge in [-0.1, -0.05) is 29.3 Å². The van der Waals surface area contributed by atoms with E-state index in [1.807, 2.05) is 35.2 Å². The minimum atomic E-state index is -0.0607. The molecule has 0 spiro atoms. The molecule has 0 bridgehead atoms. The zero-order chi connectivity index (χ0) is 16.9. The van der Waals surface area contributed by atoms with Gasteiger partial charge in [0.1, 0.15) is 0 Å². The normalized spacial score (nSPS) is 14.6. The Kier molecular flexibility index (Phi) is 5.43. The highest BCUT2D eigenvalue weighted by atomic mass is 35.5. The predicted molar refractivity (Wildman–Crippen MR) is 96.7 cm³/mol. The molecule has 2 aromatic rings. The SMILES string of the molecule is O=C(NCc1ccccn1)N1CCN(c2ccc(Cl)c(Cl)c2)CC1. The molecule has 1 aliphatic rings. The number of rotatable bonds is 3. The van der Waals surface area contributed by atoms with Gasteiger partial charge >= 0.3 is 6.03 Å². The highest BCUT2D eigenvalue weighted by molar-refractivity contribution is 6.42. The molecule has 2 heterocycles. The van der Waals surface area contributed by atoms with E-state index in [-0.39, 0.29) is 6.03 Å². The molecule has 0 radical (unpaired) electrons. The Balaban J connectivity index is 1.51. The topological polar surface area (TPSA) is 48.5 Å². The molecule has 5 nitrogen and oxygen atoms in total. The summed E-state index contributed by atoms with van der Waals surface area (Å²) in [6, 6.07) is 11.2. The van der Waals surface area contributed by atoms with Crippen molar-refractivity contribution < 1.29 is 4.79 Å². The Morgan fingerprint density at radius 2 is 1.88 bits per heavy atom. The zero-order valence-corrected chi connectivity index (χ0v) is 14.6. The molecule has 3 rings (SSSR count). The standard InChI is InChI=1S/C17H18Cl2N4O/c18-15-5-4-14(11-16(15)19)22-7-9-23(10-8-22)17(24)21-12-13-3-1-2-6-20-13/h1-6,11H,7-10,12H2,(H,21,24). The van der Waals surface area contributed by atoms with Crippen LogP contribution in [-0.4, -0.2) is 42.1 Å². The third-order valence-electron chi connectivity index (χ3n) is 3.98. The van der Waals surface area contributed by atoms with Gasteiger partial charge in [0.05, 0.1) is 22.3 Å². The quantitative estimate of drug-likeness (QED) is 0.907. The number of anilines is 1. The molecule has 0 saturated carbocycles. The average Bonchev–Trinajstić information content (AvgIpc) is 2.63. The molecule has 24 heavy (non-hydrogen) atoms. The van der Waals surface area contributed by atoms with Crippen LogP contribution in [0.2, 0.25) is 10.0 Å².